The van der Waals surface area contributed by atoms with E-state index in [0.717, 1.165) is 27.4 Å². The monoisotopic (exact) mass is 384 g/mol. The number of nitrogens with zero attached hydrogens (tertiary/aromatic N) is 2. The van der Waals surface area contributed by atoms with Gasteiger partial charge >= 0.3 is 0 Å². The minimum atomic E-state index is 0.0755. The molecule has 6 heteroatoms. The van der Waals surface area contributed by atoms with Crippen molar-refractivity contribution in [2.45, 2.75) is 20.3 Å². The van der Waals surface area contributed by atoms with Crippen molar-refractivity contribution in [1.29, 1.82) is 0 Å². The average Bonchev–Trinajstić information content (AvgIpc) is 3.05. The van der Waals surface area contributed by atoms with Crippen LogP contribution in [0.3, 0.4) is 0 Å². The minimum absolute atomic E-state index is 0.0755. The van der Waals surface area contributed by atoms with Gasteiger partial charge in [-0.25, -0.2) is 4.98 Å². The Morgan fingerprint density at radius 3 is 2.62 bits per heavy atom. The molecule has 1 fully saturated rings. The van der Waals surface area contributed by atoms with Gasteiger partial charge in [0.1, 0.15) is 10.7 Å². The molecule has 1 aliphatic heterocycles. The number of amides is 1. The van der Waals surface area contributed by atoms with E-state index in [-0.39, 0.29) is 5.91 Å². The molecular formula is C15H17BrN2OS2. The van der Waals surface area contributed by atoms with Gasteiger partial charge in [0.15, 0.2) is 0 Å². The van der Waals surface area contributed by atoms with Gasteiger partial charge in [-0.2, -0.15) is 0 Å². The molecule has 112 valence electrons. The number of thiazole rings is 1. The third kappa shape index (κ3) is 3.38. The van der Waals surface area contributed by atoms with Gasteiger partial charge in [0.05, 0.1) is 4.88 Å². The SMILES string of the molecule is C[C@@H]1C[C@@H](C)CN(C(=O)c2csc(-c3cc(Br)cs3)n2)C1. The molecule has 1 aliphatic rings. The predicted octanol–water partition coefficient (Wildman–Crippen LogP) is 4.75. The Morgan fingerprint density at radius 1 is 1.29 bits per heavy atom. The molecule has 0 aliphatic carbocycles. The first kappa shape index (κ1) is 15.2. The Kier molecular flexibility index (Phi) is 4.47. The summed E-state index contributed by atoms with van der Waals surface area (Å²) in [6, 6.07) is 2.04. The van der Waals surface area contributed by atoms with Crippen LogP contribution >= 0.6 is 38.6 Å². The van der Waals surface area contributed by atoms with E-state index >= 15 is 0 Å². The molecule has 2 atom stereocenters. The van der Waals surface area contributed by atoms with Crippen molar-refractivity contribution in [3.05, 3.63) is 27.0 Å². The summed E-state index contributed by atoms with van der Waals surface area (Å²) >= 11 is 6.63. The molecule has 0 aromatic carbocycles. The molecule has 1 saturated heterocycles. The van der Waals surface area contributed by atoms with Gasteiger partial charge in [0, 0.05) is 28.3 Å². The summed E-state index contributed by atoms with van der Waals surface area (Å²) in [6.07, 6.45) is 1.20. The van der Waals surface area contributed by atoms with Crippen LogP contribution < -0.4 is 0 Å². The highest BCUT2D eigenvalue weighted by molar-refractivity contribution is 9.10. The molecule has 1 amide bonds. The zero-order chi connectivity index (χ0) is 15.0. The number of likely N-dealkylation sites (tertiary alicyclic amines) is 1. The molecule has 3 heterocycles. The van der Waals surface area contributed by atoms with Gasteiger partial charge in [-0.1, -0.05) is 13.8 Å². The molecule has 0 unspecified atom stereocenters. The maximum absolute atomic E-state index is 12.6. The van der Waals surface area contributed by atoms with Crippen molar-refractivity contribution < 1.29 is 4.79 Å². The van der Waals surface area contributed by atoms with E-state index < -0.39 is 0 Å². The number of carbonyl (C=O) groups excluding carboxylic acids is 1. The van der Waals surface area contributed by atoms with E-state index in [1.807, 2.05) is 21.7 Å². The summed E-state index contributed by atoms with van der Waals surface area (Å²) in [4.78, 5) is 20.2. The van der Waals surface area contributed by atoms with Crippen molar-refractivity contribution in [1.82, 2.24) is 9.88 Å². The second kappa shape index (κ2) is 6.18. The number of hydrogen-bond acceptors (Lipinski definition) is 4. The molecule has 21 heavy (non-hydrogen) atoms. The standard InChI is InChI=1S/C15H17BrN2OS2/c1-9-3-10(2)6-18(5-9)15(19)12-8-21-14(17-12)13-4-11(16)7-20-13/h4,7-10H,3,5-6H2,1-2H3/t9-,10-/m1/s1. The maximum Gasteiger partial charge on any atom is 0.273 e. The number of thiophene rings is 1. The van der Waals surface area contributed by atoms with Crippen LogP contribution in [0.5, 0.6) is 0 Å². The molecular weight excluding hydrogens is 368 g/mol. The first-order chi connectivity index (χ1) is 10.0. The number of aromatic nitrogens is 1. The smallest absolute Gasteiger partial charge is 0.273 e. The van der Waals surface area contributed by atoms with Crippen molar-refractivity contribution in [2.75, 3.05) is 13.1 Å². The zero-order valence-electron chi connectivity index (χ0n) is 12.0. The first-order valence-electron chi connectivity index (χ1n) is 7.02. The van der Waals surface area contributed by atoms with Crippen LogP contribution in [0.15, 0.2) is 21.3 Å². The summed E-state index contributed by atoms with van der Waals surface area (Å²) in [5, 5.41) is 4.84. The Morgan fingerprint density at radius 2 is 2.00 bits per heavy atom. The summed E-state index contributed by atoms with van der Waals surface area (Å²) < 4.78 is 1.06. The largest absolute Gasteiger partial charge is 0.337 e. The van der Waals surface area contributed by atoms with Crippen molar-refractivity contribution in [3.63, 3.8) is 0 Å². The van der Waals surface area contributed by atoms with Crippen LogP contribution in [0, 0.1) is 11.8 Å². The fraction of sp³-hybridized carbons (Fsp3) is 0.467. The molecule has 0 saturated carbocycles. The van der Waals surface area contributed by atoms with Crippen molar-refractivity contribution >= 4 is 44.5 Å². The van der Waals surface area contributed by atoms with Crippen LogP contribution in [0.2, 0.25) is 0 Å². The van der Waals surface area contributed by atoms with E-state index in [1.54, 1.807) is 22.7 Å². The van der Waals surface area contributed by atoms with Gasteiger partial charge in [-0.3, -0.25) is 4.79 Å². The first-order valence-corrected chi connectivity index (χ1v) is 9.57. The summed E-state index contributed by atoms with van der Waals surface area (Å²) in [5.74, 6) is 1.22. The predicted molar refractivity (Wildman–Crippen MR) is 92.0 cm³/mol. The van der Waals surface area contributed by atoms with E-state index in [9.17, 15) is 4.79 Å². The van der Waals surface area contributed by atoms with Gasteiger partial charge < -0.3 is 4.90 Å². The van der Waals surface area contributed by atoms with E-state index in [4.69, 9.17) is 0 Å². The minimum Gasteiger partial charge on any atom is -0.337 e. The van der Waals surface area contributed by atoms with E-state index in [2.05, 4.69) is 34.8 Å². The molecule has 0 N–H and O–H groups in total. The molecule has 0 radical (unpaired) electrons. The van der Waals surface area contributed by atoms with E-state index in [0.29, 0.717) is 17.5 Å². The van der Waals surface area contributed by atoms with E-state index in [1.165, 1.54) is 6.42 Å². The number of piperidine rings is 1. The van der Waals surface area contributed by atoms with Gasteiger partial charge in [0.25, 0.3) is 5.91 Å². The normalized spacial score (nSPS) is 22.5. The molecule has 2 aromatic rings. The average molecular weight is 385 g/mol. The Bertz CT molecular complexity index is 642. The van der Waals surface area contributed by atoms with Crippen LogP contribution in [-0.4, -0.2) is 28.9 Å². The van der Waals surface area contributed by atoms with Crippen LogP contribution in [0.4, 0.5) is 0 Å². The molecule has 3 rings (SSSR count). The molecule has 0 spiro atoms. The lowest BCUT2D eigenvalue weighted by atomic mass is 9.92. The molecule has 2 aromatic heterocycles. The summed E-state index contributed by atoms with van der Waals surface area (Å²) in [5.41, 5.74) is 0.584. The second-order valence-corrected chi connectivity index (χ2v) is 8.51. The van der Waals surface area contributed by atoms with Crippen LogP contribution in [0.1, 0.15) is 30.8 Å². The van der Waals surface area contributed by atoms with Gasteiger partial charge in [0.2, 0.25) is 0 Å². The number of hydrogen-bond donors (Lipinski definition) is 0. The van der Waals surface area contributed by atoms with Gasteiger partial charge in [-0.15, -0.1) is 22.7 Å². The second-order valence-electron chi connectivity index (χ2n) is 5.82. The Labute approximate surface area is 141 Å². The Hall–Kier alpha value is -0.720. The fourth-order valence-corrected chi connectivity index (χ4v) is 5.20. The third-order valence-corrected chi connectivity index (χ3v) is 6.36. The van der Waals surface area contributed by atoms with Crippen LogP contribution in [-0.2, 0) is 0 Å². The third-order valence-electron chi connectivity index (χ3n) is 3.66. The highest BCUT2D eigenvalue weighted by Crippen LogP contribution is 2.32. The summed E-state index contributed by atoms with van der Waals surface area (Å²) in [7, 11) is 0. The Balaban J connectivity index is 1.78. The van der Waals surface area contributed by atoms with Gasteiger partial charge in [-0.05, 0) is 40.3 Å². The highest BCUT2D eigenvalue weighted by Gasteiger charge is 2.27. The lowest BCUT2D eigenvalue weighted by Crippen LogP contribution is -2.42. The lowest BCUT2D eigenvalue weighted by Gasteiger charge is -2.34. The lowest BCUT2D eigenvalue weighted by molar-refractivity contribution is 0.0618. The van der Waals surface area contributed by atoms with Crippen molar-refractivity contribution in [2.24, 2.45) is 11.8 Å². The zero-order valence-corrected chi connectivity index (χ0v) is 15.2. The quantitative estimate of drug-likeness (QED) is 0.747. The maximum atomic E-state index is 12.6. The highest BCUT2D eigenvalue weighted by atomic mass is 79.9. The molecule has 3 nitrogen and oxygen atoms in total. The van der Waals surface area contributed by atoms with Crippen molar-refractivity contribution in [3.8, 4) is 9.88 Å². The topological polar surface area (TPSA) is 33.2 Å². The number of halogens is 1. The number of carbonyl (C=O) groups is 1. The fourth-order valence-electron chi connectivity index (χ4n) is 2.90. The van der Waals surface area contributed by atoms with Crippen LogP contribution in [0.25, 0.3) is 9.88 Å². The molecule has 0 bridgehead atoms. The number of rotatable bonds is 2. The summed E-state index contributed by atoms with van der Waals surface area (Å²) in [6.45, 7) is 6.12.